The van der Waals surface area contributed by atoms with Crippen molar-refractivity contribution in [1.82, 2.24) is 16.0 Å². The summed E-state index contributed by atoms with van der Waals surface area (Å²) in [7, 11) is 0. The van der Waals surface area contributed by atoms with Gasteiger partial charge in [-0.1, -0.05) is 30.3 Å². The monoisotopic (exact) mass is 495 g/mol. The number of aliphatic hydroxyl groups excluding tert-OH is 2. The van der Waals surface area contributed by atoms with Crippen LogP contribution in [0.1, 0.15) is 18.4 Å². The van der Waals surface area contributed by atoms with Crippen LogP contribution in [0.15, 0.2) is 35.3 Å². The standard InChI is InChI=1S/C21H33N7O7/c22-13(9-12-5-2-1-3-6-12)17(31)27-15(10-29)19(33)26-14(7-4-8-25-21(23)24)18(32)28-16(11-30)20(34)35/h1-3,5-6,13-16,29-30H,4,7-11,22H2,(H,26,33)(H,27,31)(H,28,32)(H,34,35)(H4,23,24,25). The topological polar surface area (TPSA) is 255 Å². The quantitative estimate of drug-likeness (QED) is 0.0649. The lowest BCUT2D eigenvalue weighted by atomic mass is 10.1. The van der Waals surface area contributed by atoms with Crippen LogP contribution >= 0.6 is 0 Å². The van der Waals surface area contributed by atoms with Crippen LogP contribution < -0.4 is 33.2 Å². The molecule has 0 radical (unpaired) electrons. The number of aliphatic hydroxyl groups is 2. The Hall–Kier alpha value is -3.75. The Kier molecular flexibility index (Phi) is 12.7. The van der Waals surface area contributed by atoms with Crippen molar-refractivity contribution in [3.05, 3.63) is 35.9 Å². The highest BCUT2D eigenvalue weighted by atomic mass is 16.4. The normalized spacial score (nSPS) is 14.0. The van der Waals surface area contributed by atoms with Gasteiger partial charge in [-0.3, -0.25) is 19.4 Å². The Morgan fingerprint density at radius 1 is 0.857 bits per heavy atom. The Morgan fingerprint density at radius 3 is 1.94 bits per heavy atom. The van der Waals surface area contributed by atoms with Crippen molar-refractivity contribution < 1.29 is 34.5 Å². The summed E-state index contributed by atoms with van der Waals surface area (Å²) < 4.78 is 0. The zero-order chi connectivity index (χ0) is 26.4. The Morgan fingerprint density at radius 2 is 1.40 bits per heavy atom. The number of carboxylic acid groups (broad SMARTS) is 1. The summed E-state index contributed by atoms with van der Waals surface area (Å²) in [6.45, 7) is -1.53. The van der Waals surface area contributed by atoms with Gasteiger partial charge in [0, 0.05) is 6.54 Å². The molecule has 0 aliphatic carbocycles. The maximum Gasteiger partial charge on any atom is 0.328 e. The predicted octanol–water partition coefficient (Wildman–Crippen LogP) is -3.87. The summed E-state index contributed by atoms with van der Waals surface area (Å²) in [5, 5.41) is 34.6. The zero-order valence-corrected chi connectivity index (χ0v) is 19.1. The van der Waals surface area contributed by atoms with Gasteiger partial charge in [0.05, 0.1) is 19.3 Å². The molecule has 35 heavy (non-hydrogen) atoms. The van der Waals surface area contributed by atoms with E-state index in [4.69, 9.17) is 27.4 Å². The number of nitrogens with zero attached hydrogens (tertiary/aromatic N) is 1. The van der Waals surface area contributed by atoms with E-state index in [0.29, 0.717) is 0 Å². The van der Waals surface area contributed by atoms with Gasteiger partial charge >= 0.3 is 5.97 Å². The molecule has 1 rings (SSSR count). The van der Waals surface area contributed by atoms with Crippen LogP contribution in [-0.2, 0) is 25.6 Å². The number of amides is 3. The molecule has 0 aromatic heterocycles. The number of aliphatic imine (C=N–C) groups is 1. The fourth-order valence-electron chi connectivity index (χ4n) is 2.94. The zero-order valence-electron chi connectivity index (χ0n) is 19.1. The van der Waals surface area contributed by atoms with Crippen molar-refractivity contribution in [3.8, 4) is 0 Å². The van der Waals surface area contributed by atoms with Crippen LogP contribution in [0.5, 0.6) is 0 Å². The van der Waals surface area contributed by atoms with Crippen molar-refractivity contribution in [2.24, 2.45) is 22.2 Å². The number of carbonyl (C=O) groups is 4. The highest BCUT2D eigenvalue weighted by Crippen LogP contribution is 2.04. The molecule has 0 fully saturated rings. The van der Waals surface area contributed by atoms with E-state index >= 15 is 0 Å². The van der Waals surface area contributed by atoms with Crippen LogP contribution in [0.25, 0.3) is 0 Å². The van der Waals surface area contributed by atoms with Crippen molar-refractivity contribution >= 4 is 29.7 Å². The lowest BCUT2D eigenvalue weighted by molar-refractivity contribution is -0.143. The number of carboxylic acids is 1. The SMILES string of the molecule is NC(N)=NCCCC(NC(=O)C(CO)NC(=O)C(N)Cc1ccccc1)C(=O)NC(CO)C(=O)O. The first kappa shape index (κ1) is 29.3. The third kappa shape index (κ3) is 10.8. The molecule has 0 heterocycles. The number of rotatable bonds is 15. The summed E-state index contributed by atoms with van der Waals surface area (Å²) in [6, 6.07) is 3.66. The summed E-state index contributed by atoms with van der Waals surface area (Å²) in [5.41, 5.74) is 17.2. The summed E-state index contributed by atoms with van der Waals surface area (Å²) >= 11 is 0. The second kappa shape index (κ2) is 15.2. The summed E-state index contributed by atoms with van der Waals surface area (Å²) in [5.74, 6) is -4.13. The van der Waals surface area contributed by atoms with Crippen molar-refractivity contribution in [3.63, 3.8) is 0 Å². The van der Waals surface area contributed by atoms with Gasteiger partial charge in [0.25, 0.3) is 0 Å². The number of carbonyl (C=O) groups excluding carboxylic acids is 3. The first-order valence-corrected chi connectivity index (χ1v) is 10.8. The fraction of sp³-hybridized carbons (Fsp3) is 0.476. The molecule has 194 valence electrons. The Balaban J connectivity index is 2.84. The highest BCUT2D eigenvalue weighted by molar-refractivity contribution is 5.94. The molecular formula is C21H33N7O7. The van der Waals surface area contributed by atoms with Crippen LogP contribution in [-0.4, -0.2) is 88.9 Å². The Bertz CT molecular complexity index is 878. The molecule has 0 saturated heterocycles. The molecular weight excluding hydrogens is 462 g/mol. The van der Waals surface area contributed by atoms with Crippen LogP contribution in [0.2, 0.25) is 0 Å². The molecule has 0 spiro atoms. The third-order valence-electron chi connectivity index (χ3n) is 4.83. The van der Waals surface area contributed by atoms with Gasteiger partial charge in [-0.05, 0) is 24.8 Å². The molecule has 4 unspecified atom stereocenters. The van der Waals surface area contributed by atoms with E-state index < -0.39 is 61.1 Å². The number of guanidine groups is 1. The molecule has 1 aromatic rings. The molecule has 0 bridgehead atoms. The molecule has 0 saturated carbocycles. The van der Waals surface area contributed by atoms with Crippen LogP contribution in [0.4, 0.5) is 0 Å². The molecule has 12 N–H and O–H groups in total. The van der Waals surface area contributed by atoms with Gasteiger partial charge in [-0.2, -0.15) is 0 Å². The second-order valence-electron chi connectivity index (χ2n) is 7.63. The minimum atomic E-state index is -1.59. The highest BCUT2D eigenvalue weighted by Gasteiger charge is 2.29. The molecule has 14 nitrogen and oxygen atoms in total. The van der Waals surface area contributed by atoms with Crippen molar-refractivity contribution in [2.75, 3.05) is 19.8 Å². The van der Waals surface area contributed by atoms with E-state index in [1.807, 2.05) is 6.07 Å². The Labute approximate surface area is 201 Å². The van der Waals surface area contributed by atoms with Crippen molar-refractivity contribution in [2.45, 2.75) is 43.4 Å². The van der Waals surface area contributed by atoms with Gasteiger partial charge in [0.15, 0.2) is 5.96 Å². The number of aliphatic carboxylic acids is 1. The van der Waals surface area contributed by atoms with E-state index in [2.05, 4.69) is 20.9 Å². The fourth-order valence-corrected chi connectivity index (χ4v) is 2.94. The second-order valence-corrected chi connectivity index (χ2v) is 7.63. The largest absolute Gasteiger partial charge is 0.480 e. The maximum absolute atomic E-state index is 12.7. The smallest absolute Gasteiger partial charge is 0.328 e. The number of benzene rings is 1. The van der Waals surface area contributed by atoms with Crippen LogP contribution in [0, 0.1) is 0 Å². The van der Waals surface area contributed by atoms with E-state index in [9.17, 15) is 24.3 Å². The first-order valence-electron chi connectivity index (χ1n) is 10.8. The van der Waals surface area contributed by atoms with E-state index in [1.165, 1.54) is 0 Å². The number of nitrogens with one attached hydrogen (secondary N) is 3. The van der Waals surface area contributed by atoms with Gasteiger partial charge in [-0.25, -0.2) is 4.79 Å². The van der Waals surface area contributed by atoms with Crippen LogP contribution in [0.3, 0.4) is 0 Å². The van der Waals surface area contributed by atoms with Gasteiger partial charge in [-0.15, -0.1) is 0 Å². The number of nitrogens with two attached hydrogens (primary N) is 3. The molecule has 14 heteroatoms. The summed E-state index contributed by atoms with van der Waals surface area (Å²) in [6.07, 6.45) is 0.414. The average Bonchev–Trinajstić information content (AvgIpc) is 2.82. The molecule has 0 aliphatic rings. The summed E-state index contributed by atoms with van der Waals surface area (Å²) in [4.78, 5) is 52.6. The molecule has 1 aromatic carbocycles. The van der Waals surface area contributed by atoms with E-state index in [0.717, 1.165) is 5.56 Å². The maximum atomic E-state index is 12.7. The minimum absolute atomic E-state index is 0.00820. The predicted molar refractivity (Wildman–Crippen MR) is 126 cm³/mol. The van der Waals surface area contributed by atoms with Gasteiger partial charge in [0.1, 0.15) is 18.1 Å². The van der Waals surface area contributed by atoms with Gasteiger partial charge < -0.3 is 48.5 Å². The van der Waals surface area contributed by atoms with Gasteiger partial charge in [0.2, 0.25) is 17.7 Å². The first-order chi connectivity index (χ1) is 16.6. The number of hydrogen-bond donors (Lipinski definition) is 9. The minimum Gasteiger partial charge on any atom is -0.480 e. The molecule has 4 atom stereocenters. The average molecular weight is 496 g/mol. The third-order valence-corrected chi connectivity index (χ3v) is 4.83. The lowest BCUT2D eigenvalue weighted by Crippen LogP contribution is -2.58. The van der Waals surface area contributed by atoms with E-state index in [1.54, 1.807) is 24.3 Å². The molecule has 0 aliphatic heterocycles. The molecule has 3 amide bonds. The lowest BCUT2D eigenvalue weighted by Gasteiger charge is -2.24. The van der Waals surface area contributed by atoms with Crippen molar-refractivity contribution in [1.29, 1.82) is 0 Å². The number of hydrogen-bond acceptors (Lipinski definition) is 8. The van der Waals surface area contributed by atoms with E-state index in [-0.39, 0.29) is 31.8 Å².